The van der Waals surface area contributed by atoms with Crippen molar-refractivity contribution in [1.82, 2.24) is 0 Å². The summed E-state index contributed by atoms with van der Waals surface area (Å²) in [6.45, 7) is 2.03. The third kappa shape index (κ3) is 8.82. The lowest BCUT2D eigenvalue weighted by molar-refractivity contribution is -0.123. The lowest BCUT2D eigenvalue weighted by atomic mass is 9.89. The van der Waals surface area contributed by atoms with Crippen LogP contribution in [-0.4, -0.2) is 11.6 Å². The van der Waals surface area contributed by atoms with Crippen LogP contribution in [0.2, 0.25) is 0 Å². The van der Waals surface area contributed by atoms with E-state index in [2.05, 4.69) is 0 Å². The second kappa shape index (κ2) is 13.3. The molecule has 2 heteroatoms. The molecule has 1 aromatic rings. The van der Waals surface area contributed by atoms with Crippen LogP contribution in [0.4, 0.5) is 0 Å². The van der Waals surface area contributed by atoms with Gasteiger partial charge in [-0.3, -0.25) is 9.59 Å². The first-order valence-electron chi connectivity index (χ1n) is 11.1. The third-order valence-corrected chi connectivity index (χ3v) is 5.72. The Labute approximate surface area is 171 Å². The van der Waals surface area contributed by atoms with Crippen molar-refractivity contribution in [3.63, 3.8) is 0 Å². The molecule has 0 bridgehead atoms. The van der Waals surface area contributed by atoms with Crippen LogP contribution in [0.15, 0.2) is 48.5 Å². The van der Waals surface area contributed by atoms with Gasteiger partial charge in [0.2, 0.25) is 0 Å². The number of aryl methyl sites for hydroxylation is 1. The highest BCUT2D eigenvalue weighted by Crippen LogP contribution is 2.23. The van der Waals surface area contributed by atoms with Gasteiger partial charge in [0.25, 0.3) is 0 Å². The second-order valence-corrected chi connectivity index (χ2v) is 8.13. The van der Waals surface area contributed by atoms with Gasteiger partial charge in [-0.15, -0.1) is 0 Å². The van der Waals surface area contributed by atoms with E-state index in [1.165, 1.54) is 38.5 Å². The molecular weight excluding hydrogens is 344 g/mol. The van der Waals surface area contributed by atoms with Crippen molar-refractivity contribution in [2.24, 2.45) is 5.92 Å². The fraction of sp³-hybridized carbons (Fsp3) is 0.538. The van der Waals surface area contributed by atoms with E-state index in [0.717, 1.165) is 31.2 Å². The fourth-order valence-corrected chi connectivity index (χ4v) is 3.92. The van der Waals surface area contributed by atoms with Crippen LogP contribution >= 0.6 is 0 Å². The highest BCUT2D eigenvalue weighted by Gasteiger charge is 2.19. The maximum absolute atomic E-state index is 12.8. The van der Waals surface area contributed by atoms with Gasteiger partial charge in [-0.1, -0.05) is 105 Å². The summed E-state index contributed by atoms with van der Waals surface area (Å²) >= 11 is 0. The van der Waals surface area contributed by atoms with Crippen molar-refractivity contribution >= 4 is 11.6 Å². The fourth-order valence-electron chi connectivity index (χ4n) is 3.92. The molecule has 0 spiro atoms. The Balaban J connectivity index is 1.94. The molecule has 152 valence electrons. The van der Waals surface area contributed by atoms with Crippen molar-refractivity contribution in [2.75, 3.05) is 0 Å². The SMILES string of the molecule is Cc1cccccc(C(=O)CCC(=O)C2CCCCCCCCCC2)ccc1. The molecule has 1 aliphatic carbocycles. The Bertz CT molecular complexity index is 664. The van der Waals surface area contributed by atoms with Gasteiger partial charge in [-0.05, 0) is 19.8 Å². The first-order chi connectivity index (χ1) is 13.7. The van der Waals surface area contributed by atoms with Crippen LogP contribution < -0.4 is 0 Å². The molecule has 0 aliphatic heterocycles. The molecule has 0 atom stereocenters. The quantitative estimate of drug-likeness (QED) is 0.507. The molecule has 1 saturated carbocycles. The monoisotopic (exact) mass is 380 g/mol. The van der Waals surface area contributed by atoms with E-state index in [0.29, 0.717) is 24.2 Å². The summed E-state index contributed by atoms with van der Waals surface area (Å²) in [6, 6.07) is 15.4. The zero-order chi connectivity index (χ0) is 20.0. The van der Waals surface area contributed by atoms with Crippen molar-refractivity contribution in [3.05, 3.63) is 59.7 Å². The van der Waals surface area contributed by atoms with Gasteiger partial charge < -0.3 is 0 Å². The molecule has 0 unspecified atom stereocenters. The minimum atomic E-state index is 0.0570. The topological polar surface area (TPSA) is 34.1 Å². The van der Waals surface area contributed by atoms with Gasteiger partial charge >= 0.3 is 0 Å². The average Bonchev–Trinajstić information content (AvgIpc) is 2.76. The molecule has 1 aromatic carbocycles. The Hall–Kier alpha value is -1.96. The summed E-state index contributed by atoms with van der Waals surface area (Å²) in [5.41, 5.74) is 1.81. The number of rotatable bonds is 5. The number of carbonyl (C=O) groups is 2. The van der Waals surface area contributed by atoms with E-state index < -0.39 is 0 Å². The van der Waals surface area contributed by atoms with E-state index in [-0.39, 0.29) is 11.7 Å². The zero-order valence-electron chi connectivity index (χ0n) is 17.5. The Morgan fingerprint density at radius 2 is 1.25 bits per heavy atom. The second-order valence-electron chi connectivity index (χ2n) is 8.13. The Morgan fingerprint density at radius 3 is 1.93 bits per heavy atom. The first kappa shape index (κ1) is 22.3. The Morgan fingerprint density at radius 1 is 0.714 bits per heavy atom. The van der Waals surface area contributed by atoms with Gasteiger partial charge in [-0.25, -0.2) is 0 Å². The van der Waals surface area contributed by atoms with Crippen molar-refractivity contribution in [3.8, 4) is 0 Å². The average molecular weight is 381 g/mol. The maximum atomic E-state index is 12.8. The minimum Gasteiger partial charge on any atom is -0.299 e. The smallest absolute Gasteiger partial charge is 0.163 e. The van der Waals surface area contributed by atoms with Crippen LogP contribution in [0.25, 0.3) is 0 Å². The molecule has 1 fully saturated rings. The molecule has 0 aromatic heterocycles. The first-order valence-corrected chi connectivity index (χ1v) is 11.1. The van der Waals surface area contributed by atoms with Crippen LogP contribution in [-0.2, 0) is 4.79 Å². The molecule has 28 heavy (non-hydrogen) atoms. The predicted molar refractivity (Wildman–Crippen MR) is 117 cm³/mol. The lowest BCUT2D eigenvalue weighted by Crippen LogP contribution is -2.16. The summed E-state index contributed by atoms with van der Waals surface area (Å²) in [4.78, 5) is 25.4. The number of ketones is 2. The van der Waals surface area contributed by atoms with Crippen molar-refractivity contribution in [1.29, 1.82) is 0 Å². The summed E-state index contributed by atoms with van der Waals surface area (Å²) in [5, 5.41) is 0. The van der Waals surface area contributed by atoms with E-state index in [9.17, 15) is 9.59 Å². The predicted octanol–water partition coefficient (Wildman–Crippen LogP) is 7.18. The molecular formula is C26H36O2. The normalized spacial score (nSPS) is 16.5. The number of hydrogen-bond acceptors (Lipinski definition) is 2. The van der Waals surface area contributed by atoms with E-state index in [1.807, 2.05) is 55.5 Å². The minimum absolute atomic E-state index is 0.0570. The van der Waals surface area contributed by atoms with E-state index >= 15 is 0 Å². The van der Waals surface area contributed by atoms with Gasteiger partial charge in [0.05, 0.1) is 0 Å². The van der Waals surface area contributed by atoms with E-state index in [1.54, 1.807) is 0 Å². The van der Waals surface area contributed by atoms with Gasteiger partial charge in [0.15, 0.2) is 5.78 Å². The number of carbonyl (C=O) groups excluding carboxylic acids is 2. The van der Waals surface area contributed by atoms with Crippen molar-refractivity contribution in [2.45, 2.75) is 84.0 Å². The summed E-state index contributed by atoms with van der Waals surface area (Å²) in [7, 11) is 0. The van der Waals surface area contributed by atoms with Crippen LogP contribution in [0.5, 0.6) is 0 Å². The van der Waals surface area contributed by atoms with E-state index in [4.69, 9.17) is 0 Å². The molecule has 2 nitrogen and oxygen atoms in total. The highest BCUT2D eigenvalue weighted by atomic mass is 16.1. The Kier molecular flexibility index (Phi) is 10.6. The largest absolute Gasteiger partial charge is 0.299 e. The number of hydrogen-bond donors (Lipinski definition) is 0. The molecule has 1 aliphatic rings. The summed E-state index contributed by atoms with van der Waals surface area (Å²) in [6.07, 6.45) is 12.8. The van der Waals surface area contributed by atoms with Gasteiger partial charge in [0.1, 0.15) is 5.78 Å². The summed E-state index contributed by atoms with van der Waals surface area (Å²) in [5.74, 6) is 0.517. The summed E-state index contributed by atoms with van der Waals surface area (Å²) < 4.78 is 0. The molecule has 0 heterocycles. The molecule has 0 saturated heterocycles. The van der Waals surface area contributed by atoms with Crippen molar-refractivity contribution < 1.29 is 9.59 Å². The van der Waals surface area contributed by atoms with Crippen LogP contribution in [0, 0.1) is 12.8 Å². The molecule has 2 rings (SSSR count). The molecule has 0 N–H and O–H groups in total. The standard InChI is InChI=1S/C26H36O2/c1-22-14-9-8-12-18-24(19-13-15-22)26(28)21-20-25(27)23-16-10-6-4-2-3-5-7-11-17-23/h8-9,12-15,18-19,23H,2-7,10-11,16-17,20-21H2,1H3. The highest BCUT2D eigenvalue weighted by molar-refractivity contribution is 5.98. The maximum Gasteiger partial charge on any atom is 0.163 e. The van der Waals surface area contributed by atoms with Gasteiger partial charge in [-0.2, -0.15) is 0 Å². The third-order valence-electron chi connectivity index (χ3n) is 5.72. The zero-order valence-corrected chi connectivity index (χ0v) is 17.5. The lowest BCUT2D eigenvalue weighted by Gasteiger charge is -2.15. The molecule has 0 amide bonds. The molecule has 0 radical (unpaired) electrons. The van der Waals surface area contributed by atoms with Crippen LogP contribution in [0.3, 0.4) is 0 Å². The van der Waals surface area contributed by atoms with Crippen LogP contribution in [0.1, 0.15) is 93.0 Å². The van der Waals surface area contributed by atoms with Gasteiger partial charge in [0, 0.05) is 24.3 Å². The number of Topliss-reactive ketones (excluding diaryl/α,β-unsaturated/α-hetero) is 2.